The predicted octanol–water partition coefficient (Wildman–Crippen LogP) is 4.50. The third kappa shape index (κ3) is 4.74. The van der Waals surface area contributed by atoms with Crippen molar-refractivity contribution >= 4 is 28.6 Å². The molecule has 3 atom stereocenters. The Morgan fingerprint density at radius 3 is 2.25 bits per heavy atom. The number of rotatable bonds is 5. The highest BCUT2D eigenvalue weighted by Gasteiger charge is 2.50. The first-order valence-corrected chi connectivity index (χ1v) is 13.7. The van der Waals surface area contributed by atoms with Gasteiger partial charge in [0.25, 0.3) is 11.8 Å². The minimum Gasteiger partial charge on any atom is -0.351 e. The lowest BCUT2D eigenvalue weighted by molar-refractivity contribution is -0.138. The van der Waals surface area contributed by atoms with Gasteiger partial charge in [0.15, 0.2) is 0 Å². The van der Waals surface area contributed by atoms with E-state index < -0.39 is 11.5 Å². The van der Waals surface area contributed by atoms with Crippen molar-refractivity contribution in [2.75, 3.05) is 13.1 Å². The van der Waals surface area contributed by atoms with Gasteiger partial charge in [0, 0.05) is 35.8 Å². The Morgan fingerprint density at radius 1 is 0.900 bits per heavy atom. The van der Waals surface area contributed by atoms with E-state index in [0.29, 0.717) is 24.5 Å². The molecule has 0 spiro atoms. The van der Waals surface area contributed by atoms with E-state index in [1.807, 2.05) is 91.2 Å². The average molecular weight is 536 g/mol. The van der Waals surface area contributed by atoms with Crippen LogP contribution in [-0.2, 0) is 4.79 Å². The number of carbonyl (C=O) groups is 3. The van der Waals surface area contributed by atoms with Crippen molar-refractivity contribution in [3.63, 3.8) is 0 Å². The summed E-state index contributed by atoms with van der Waals surface area (Å²) >= 11 is 0. The van der Waals surface area contributed by atoms with Gasteiger partial charge in [-0.2, -0.15) is 0 Å². The first-order valence-electron chi connectivity index (χ1n) is 13.7. The summed E-state index contributed by atoms with van der Waals surface area (Å²) in [5, 5.41) is 3.94. The highest BCUT2D eigenvalue weighted by Crippen LogP contribution is 2.34. The van der Waals surface area contributed by atoms with Crippen LogP contribution >= 0.6 is 0 Å². The van der Waals surface area contributed by atoms with Gasteiger partial charge < -0.3 is 20.1 Å². The summed E-state index contributed by atoms with van der Waals surface area (Å²) in [6, 6.07) is 22.3. The Labute approximate surface area is 233 Å². The van der Waals surface area contributed by atoms with Crippen LogP contribution in [0.2, 0.25) is 0 Å². The van der Waals surface area contributed by atoms with Gasteiger partial charge in [-0.25, -0.2) is 0 Å². The smallest absolute Gasteiger partial charge is 0.272 e. The van der Waals surface area contributed by atoms with Gasteiger partial charge in [-0.15, -0.1) is 0 Å². The molecule has 8 nitrogen and oxygen atoms in total. The molecule has 0 saturated carbocycles. The number of pyridine rings is 1. The number of hydrogen-bond acceptors (Lipinski definition) is 4. The van der Waals surface area contributed by atoms with Crippen molar-refractivity contribution in [3.8, 4) is 11.1 Å². The summed E-state index contributed by atoms with van der Waals surface area (Å²) in [5.74, 6) is -0.531. The third-order valence-electron chi connectivity index (χ3n) is 8.04. The molecule has 2 fully saturated rings. The van der Waals surface area contributed by atoms with Crippen molar-refractivity contribution in [3.05, 3.63) is 90.4 Å². The van der Waals surface area contributed by atoms with Crippen LogP contribution in [0, 0.1) is 5.41 Å². The Kier molecular flexibility index (Phi) is 6.41. The Hall–Kier alpha value is -4.46. The van der Waals surface area contributed by atoms with Crippen LogP contribution in [0.3, 0.4) is 0 Å². The van der Waals surface area contributed by atoms with E-state index >= 15 is 0 Å². The van der Waals surface area contributed by atoms with Gasteiger partial charge in [-0.05, 0) is 35.6 Å². The molecule has 6 rings (SSSR count). The van der Waals surface area contributed by atoms with Gasteiger partial charge in [-0.3, -0.25) is 19.4 Å². The van der Waals surface area contributed by atoms with Crippen molar-refractivity contribution in [2.45, 2.75) is 45.3 Å². The quantitative estimate of drug-likeness (QED) is 0.393. The third-order valence-corrected chi connectivity index (χ3v) is 8.04. The summed E-state index contributed by atoms with van der Waals surface area (Å²) < 4.78 is 0. The standard InChI is InChI=1S/C32H33N5O3/c1-32(2,3)28(35-29(38)27-15-21-11-7-8-12-25(21)34-27)31(40)37-19-23-16-24(37)18-36(23)30(39)26-14-13-22(17-33-26)20-9-5-4-6-10-20/h4-15,17,23-24,28,34H,16,18-19H2,1-3H3,(H,35,38). The molecule has 0 aliphatic carbocycles. The van der Waals surface area contributed by atoms with Gasteiger partial charge in [0.05, 0.1) is 12.1 Å². The van der Waals surface area contributed by atoms with Crippen LogP contribution in [0.15, 0.2) is 79.0 Å². The zero-order chi connectivity index (χ0) is 28.0. The van der Waals surface area contributed by atoms with E-state index in [1.165, 1.54) is 0 Å². The van der Waals surface area contributed by atoms with Crippen molar-refractivity contribution in [1.29, 1.82) is 0 Å². The van der Waals surface area contributed by atoms with Crippen molar-refractivity contribution in [2.24, 2.45) is 5.41 Å². The Morgan fingerprint density at radius 2 is 1.60 bits per heavy atom. The number of carbonyl (C=O) groups excluding carboxylic acids is 3. The van der Waals surface area contributed by atoms with Gasteiger partial charge >= 0.3 is 0 Å². The number of piperazine rings is 1. The average Bonchev–Trinajstić information content (AvgIpc) is 3.69. The number of H-pyrrole nitrogens is 1. The molecule has 2 saturated heterocycles. The van der Waals surface area contributed by atoms with E-state index in [1.54, 1.807) is 18.3 Å². The molecule has 2 aliphatic heterocycles. The number of aromatic nitrogens is 2. The van der Waals surface area contributed by atoms with Crippen molar-refractivity contribution in [1.82, 2.24) is 25.1 Å². The lowest BCUT2D eigenvalue weighted by atomic mass is 9.85. The van der Waals surface area contributed by atoms with Gasteiger partial charge in [-0.1, -0.05) is 75.4 Å². The summed E-state index contributed by atoms with van der Waals surface area (Å²) in [5.41, 5.74) is 3.21. The molecular weight excluding hydrogens is 502 g/mol. The maximum Gasteiger partial charge on any atom is 0.272 e. The van der Waals surface area contributed by atoms with Crippen LogP contribution in [0.4, 0.5) is 0 Å². The second kappa shape index (κ2) is 9.93. The van der Waals surface area contributed by atoms with Crippen LogP contribution < -0.4 is 5.32 Å². The molecular formula is C32H33N5O3. The number of hydrogen-bond donors (Lipinski definition) is 2. The molecule has 4 aromatic rings. The molecule has 2 aliphatic rings. The molecule has 2 N–H and O–H groups in total. The predicted molar refractivity (Wildman–Crippen MR) is 154 cm³/mol. The fourth-order valence-corrected chi connectivity index (χ4v) is 5.87. The second-order valence-electron chi connectivity index (χ2n) is 11.8. The van der Waals surface area contributed by atoms with E-state index in [4.69, 9.17) is 0 Å². The molecule has 2 bridgehead atoms. The Bertz CT molecular complexity index is 1540. The summed E-state index contributed by atoms with van der Waals surface area (Å²) in [4.78, 5) is 51.6. The highest BCUT2D eigenvalue weighted by molar-refractivity contribution is 6.00. The Balaban J connectivity index is 1.13. The molecule has 3 amide bonds. The van der Waals surface area contributed by atoms with Crippen LogP contribution in [0.25, 0.3) is 22.0 Å². The van der Waals surface area contributed by atoms with Gasteiger partial charge in [0.1, 0.15) is 17.4 Å². The number of para-hydroxylation sites is 1. The molecule has 0 radical (unpaired) electrons. The molecule has 204 valence electrons. The molecule has 8 heteroatoms. The summed E-state index contributed by atoms with van der Waals surface area (Å²) in [6.45, 7) is 6.78. The number of amides is 3. The lowest BCUT2D eigenvalue weighted by Crippen LogP contribution is -2.59. The van der Waals surface area contributed by atoms with Crippen molar-refractivity contribution < 1.29 is 14.4 Å². The summed E-state index contributed by atoms with van der Waals surface area (Å²) in [7, 11) is 0. The maximum absolute atomic E-state index is 13.8. The van der Waals surface area contributed by atoms with E-state index in [0.717, 1.165) is 28.5 Å². The van der Waals surface area contributed by atoms with Crippen LogP contribution in [0.5, 0.6) is 0 Å². The molecule has 2 aromatic heterocycles. The second-order valence-corrected chi connectivity index (χ2v) is 11.8. The number of likely N-dealkylation sites (tertiary alicyclic amines) is 2. The molecule has 2 aromatic carbocycles. The first-order chi connectivity index (χ1) is 19.2. The SMILES string of the molecule is CC(C)(C)C(NC(=O)c1cc2ccccc2[nH]1)C(=O)N1CC2CC1CN2C(=O)c1ccc(-c2ccccc2)cn1. The normalized spacial score (nSPS) is 19.2. The first kappa shape index (κ1) is 25.8. The van der Waals surface area contributed by atoms with Crippen LogP contribution in [0.1, 0.15) is 48.2 Å². The highest BCUT2D eigenvalue weighted by atomic mass is 16.2. The molecule has 3 unspecified atom stereocenters. The van der Waals surface area contributed by atoms with Gasteiger partial charge in [0.2, 0.25) is 5.91 Å². The molecule has 4 heterocycles. The molecule has 40 heavy (non-hydrogen) atoms. The monoisotopic (exact) mass is 535 g/mol. The van der Waals surface area contributed by atoms with E-state index in [2.05, 4.69) is 15.3 Å². The topological polar surface area (TPSA) is 98.4 Å². The zero-order valence-corrected chi connectivity index (χ0v) is 22.9. The zero-order valence-electron chi connectivity index (χ0n) is 22.9. The number of benzene rings is 2. The van der Waals surface area contributed by atoms with Crippen LogP contribution in [-0.4, -0.2) is 68.7 Å². The maximum atomic E-state index is 13.8. The fourth-order valence-electron chi connectivity index (χ4n) is 5.87. The minimum atomic E-state index is -0.706. The number of fused-ring (bicyclic) bond motifs is 3. The number of nitrogens with one attached hydrogen (secondary N) is 2. The number of aromatic amines is 1. The van der Waals surface area contributed by atoms with E-state index in [-0.39, 0.29) is 29.8 Å². The fraction of sp³-hybridized carbons (Fsp3) is 0.312. The summed E-state index contributed by atoms with van der Waals surface area (Å²) in [6.07, 6.45) is 2.46. The lowest BCUT2D eigenvalue weighted by Gasteiger charge is -2.39. The number of nitrogens with zero attached hydrogens (tertiary/aromatic N) is 3. The minimum absolute atomic E-state index is 0.0675. The van der Waals surface area contributed by atoms with E-state index in [9.17, 15) is 14.4 Å². The largest absolute Gasteiger partial charge is 0.351 e.